The molecule has 4 aliphatic heterocycles. The summed E-state index contributed by atoms with van der Waals surface area (Å²) in [7, 11) is 0. The molecule has 5 fully saturated rings. The standard InChI is InChI=1S/C21H24F2N2O4S/c1-10-15-14(7-28-10)30-17(16(15)18(26)25-8-21(22,23)9-25)24-19(27)20-5-11-2-12(6-20)4-13(3-11)29-20/h10-13H,2-9H2,1H3,(H,24,27). The lowest BCUT2D eigenvalue weighted by Crippen LogP contribution is -2.60. The van der Waals surface area contributed by atoms with Crippen molar-refractivity contribution in [2.75, 3.05) is 18.4 Å². The Morgan fingerprint density at radius 1 is 1.17 bits per heavy atom. The third-order valence-corrected chi connectivity index (χ3v) is 8.46. The predicted octanol–water partition coefficient (Wildman–Crippen LogP) is 3.72. The van der Waals surface area contributed by atoms with E-state index >= 15 is 0 Å². The molecule has 30 heavy (non-hydrogen) atoms. The van der Waals surface area contributed by atoms with Crippen molar-refractivity contribution in [3.05, 3.63) is 16.0 Å². The number of fused-ring (bicyclic) bond motifs is 1. The second kappa shape index (κ2) is 6.23. The van der Waals surface area contributed by atoms with Crippen LogP contribution in [0.3, 0.4) is 0 Å². The number of anilines is 1. The van der Waals surface area contributed by atoms with E-state index in [9.17, 15) is 18.4 Å². The normalized spacial score (nSPS) is 37.8. The first-order valence-electron chi connectivity index (χ1n) is 10.7. The van der Waals surface area contributed by atoms with Crippen molar-refractivity contribution in [1.29, 1.82) is 0 Å². The van der Waals surface area contributed by atoms with Gasteiger partial charge in [-0.1, -0.05) is 0 Å². The summed E-state index contributed by atoms with van der Waals surface area (Å²) in [4.78, 5) is 28.5. The van der Waals surface area contributed by atoms with Crippen molar-refractivity contribution >= 4 is 28.2 Å². The van der Waals surface area contributed by atoms with Gasteiger partial charge in [0.25, 0.3) is 17.7 Å². The number of thiophene rings is 1. The molecule has 2 aliphatic carbocycles. The highest BCUT2D eigenvalue weighted by atomic mass is 32.1. The summed E-state index contributed by atoms with van der Waals surface area (Å²) < 4.78 is 38.6. The number of alkyl halides is 2. The third kappa shape index (κ3) is 2.78. The van der Waals surface area contributed by atoms with Gasteiger partial charge >= 0.3 is 0 Å². The fourth-order valence-corrected chi connectivity index (χ4v) is 7.44. The van der Waals surface area contributed by atoms with Gasteiger partial charge in [0.2, 0.25) is 0 Å². The molecule has 6 aliphatic rings. The molecule has 3 atom stereocenters. The van der Waals surface area contributed by atoms with Gasteiger partial charge < -0.3 is 19.7 Å². The molecule has 0 spiro atoms. The van der Waals surface area contributed by atoms with Crippen LogP contribution in [0.1, 0.15) is 65.9 Å². The highest BCUT2D eigenvalue weighted by Crippen LogP contribution is 2.54. The number of nitrogens with one attached hydrogen (secondary N) is 1. The fourth-order valence-electron chi connectivity index (χ4n) is 6.25. The van der Waals surface area contributed by atoms with Crippen molar-refractivity contribution in [3.63, 3.8) is 0 Å². The summed E-state index contributed by atoms with van der Waals surface area (Å²) >= 11 is 1.32. The summed E-state index contributed by atoms with van der Waals surface area (Å²) in [6.45, 7) is 1.03. The fraction of sp³-hybridized carbons (Fsp3) is 0.714. The maximum absolute atomic E-state index is 13.4. The zero-order valence-electron chi connectivity index (χ0n) is 16.7. The number of amides is 2. The molecule has 2 amide bonds. The van der Waals surface area contributed by atoms with E-state index in [0.29, 0.717) is 29.0 Å². The second-order valence-electron chi connectivity index (χ2n) is 9.65. The highest BCUT2D eigenvalue weighted by molar-refractivity contribution is 7.17. The van der Waals surface area contributed by atoms with Crippen LogP contribution >= 0.6 is 11.3 Å². The molecule has 9 heteroatoms. The van der Waals surface area contributed by atoms with E-state index in [1.807, 2.05) is 6.92 Å². The van der Waals surface area contributed by atoms with E-state index in [-0.39, 0.29) is 18.1 Å². The summed E-state index contributed by atoms with van der Waals surface area (Å²) in [6, 6.07) is 0. The highest BCUT2D eigenvalue weighted by Gasteiger charge is 2.56. The number of ether oxygens (including phenoxy) is 2. The number of hydrogen-bond donors (Lipinski definition) is 1. The van der Waals surface area contributed by atoms with Crippen LogP contribution in [0.25, 0.3) is 0 Å². The largest absolute Gasteiger partial charge is 0.368 e. The van der Waals surface area contributed by atoms with Crippen LogP contribution in [0.5, 0.6) is 0 Å². The summed E-state index contributed by atoms with van der Waals surface area (Å²) in [5.74, 6) is -2.45. The average molecular weight is 438 g/mol. The molecular weight excluding hydrogens is 414 g/mol. The van der Waals surface area contributed by atoms with E-state index in [4.69, 9.17) is 9.47 Å². The maximum Gasteiger partial charge on any atom is 0.282 e. The van der Waals surface area contributed by atoms with Crippen molar-refractivity contribution in [2.24, 2.45) is 11.8 Å². The minimum absolute atomic E-state index is 0.146. The van der Waals surface area contributed by atoms with Crippen LogP contribution in [0, 0.1) is 11.8 Å². The predicted molar refractivity (Wildman–Crippen MR) is 105 cm³/mol. The second-order valence-corrected chi connectivity index (χ2v) is 10.8. The first kappa shape index (κ1) is 19.1. The van der Waals surface area contributed by atoms with Crippen molar-refractivity contribution in [3.8, 4) is 0 Å². The SMILES string of the molecule is CC1OCc2sc(NC(=O)C34CC5CC(CC(C5)O3)C4)c(C(=O)N3CC(F)(F)C3)c21. The van der Waals surface area contributed by atoms with Crippen LogP contribution in [0.2, 0.25) is 0 Å². The molecule has 0 aromatic carbocycles. The Kier molecular flexibility index (Phi) is 3.97. The minimum atomic E-state index is -2.84. The van der Waals surface area contributed by atoms with Crippen LogP contribution < -0.4 is 5.32 Å². The Morgan fingerprint density at radius 3 is 2.50 bits per heavy atom. The van der Waals surface area contributed by atoms with E-state index in [1.54, 1.807) is 0 Å². The smallest absolute Gasteiger partial charge is 0.282 e. The minimum Gasteiger partial charge on any atom is -0.368 e. The summed E-state index contributed by atoms with van der Waals surface area (Å²) in [6.07, 6.45) is 4.51. The number of hydrogen-bond acceptors (Lipinski definition) is 5. The first-order valence-corrected chi connectivity index (χ1v) is 11.5. The molecule has 3 unspecified atom stereocenters. The van der Waals surface area contributed by atoms with Gasteiger partial charge in [-0.3, -0.25) is 9.59 Å². The Labute approximate surface area is 176 Å². The quantitative estimate of drug-likeness (QED) is 0.781. The van der Waals surface area contributed by atoms with E-state index in [0.717, 1.165) is 41.0 Å². The molecular formula is C21H24F2N2O4S. The zero-order chi connectivity index (χ0) is 20.8. The Balaban J connectivity index is 1.30. The molecule has 1 aromatic rings. The monoisotopic (exact) mass is 438 g/mol. The molecule has 162 valence electrons. The molecule has 3 saturated heterocycles. The number of likely N-dealkylation sites (tertiary alicyclic amines) is 1. The van der Waals surface area contributed by atoms with Gasteiger partial charge in [-0.15, -0.1) is 11.3 Å². The Hall–Kier alpha value is -1.58. The van der Waals surface area contributed by atoms with E-state index < -0.39 is 30.5 Å². The van der Waals surface area contributed by atoms with Crippen molar-refractivity contribution in [1.82, 2.24) is 4.90 Å². The Morgan fingerprint density at radius 2 is 1.87 bits per heavy atom. The van der Waals surface area contributed by atoms with Gasteiger partial charge in [-0.05, 0) is 50.9 Å². The first-order chi connectivity index (χ1) is 14.2. The molecule has 4 bridgehead atoms. The Bertz CT molecular complexity index is 902. The van der Waals surface area contributed by atoms with Crippen LogP contribution in [-0.4, -0.2) is 47.4 Å². The summed E-state index contributed by atoms with van der Waals surface area (Å²) in [5, 5.41) is 3.43. The van der Waals surface area contributed by atoms with Gasteiger partial charge in [0, 0.05) is 10.4 Å². The molecule has 2 saturated carbocycles. The molecule has 5 heterocycles. The average Bonchev–Trinajstić information content (AvgIpc) is 3.17. The van der Waals surface area contributed by atoms with Crippen molar-refractivity contribution < 1.29 is 27.8 Å². The molecule has 1 N–H and O–H groups in total. The van der Waals surface area contributed by atoms with Crippen LogP contribution in [-0.2, 0) is 20.9 Å². The van der Waals surface area contributed by atoms with Crippen LogP contribution in [0.15, 0.2) is 0 Å². The lowest BCUT2D eigenvalue weighted by atomic mass is 9.62. The lowest BCUT2D eigenvalue weighted by molar-refractivity contribution is -0.215. The number of carbonyl (C=O) groups is 2. The molecule has 1 aromatic heterocycles. The summed E-state index contributed by atoms with van der Waals surface area (Å²) in [5.41, 5.74) is 0.214. The molecule has 6 nitrogen and oxygen atoms in total. The lowest BCUT2D eigenvalue weighted by Gasteiger charge is -2.55. The van der Waals surface area contributed by atoms with Gasteiger partial charge in [0.1, 0.15) is 10.6 Å². The van der Waals surface area contributed by atoms with Gasteiger partial charge in [-0.25, -0.2) is 8.78 Å². The third-order valence-electron chi connectivity index (χ3n) is 7.37. The van der Waals surface area contributed by atoms with Crippen LogP contribution in [0.4, 0.5) is 13.8 Å². The van der Waals surface area contributed by atoms with E-state index in [1.165, 1.54) is 17.8 Å². The number of rotatable bonds is 3. The number of nitrogens with zero attached hydrogens (tertiary/aromatic N) is 1. The molecule has 7 rings (SSSR count). The maximum atomic E-state index is 13.4. The van der Waals surface area contributed by atoms with Gasteiger partial charge in [-0.2, -0.15) is 0 Å². The van der Waals surface area contributed by atoms with Gasteiger partial charge in [0.15, 0.2) is 0 Å². The number of halogens is 2. The van der Waals surface area contributed by atoms with Gasteiger partial charge in [0.05, 0.1) is 37.5 Å². The van der Waals surface area contributed by atoms with E-state index in [2.05, 4.69) is 5.32 Å². The topological polar surface area (TPSA) is 67.9 Å². The zero-order valence-corrected chi connectivity index (χ0v) is 17.5. The number of carbonyl (C=O) groups excluding carboxylic acids is 2. The molecule has 0 radical (unpaired) electrons. The van der Waals surface area contributed by atoms with Crippen molar-refractivity contribution in [2.45, 2.75) is 69.4 Å².